The number of methoxy groups -OCH3 is 2. The van der Waals surface area contributed by atoms with E-state index in [0.717, 1.165) is 5.56 Å². The van der Waals surface area contributed by atoms with E-state index in [4.69, 9.17) is 21.1 Å². The second-order valence-corrected chi connectivity index (χ2v) is 6.69. The molecule has 0 aliphatic carbocycles. The first-order valence-corrected chi connectivity index (χ1v) is 8.94. The first kappa shape index (κ1) is 20.5. The van der Waals surface area contributed by atoms with Crippen molar-refractivity contribution >= 4 is 23.2 Å². The monoisotopic (exact) mass is 419 g/mol. The lowest BCUT2D eigenvalue weighted by Crippen LogP contribution is -2.19. The van der Waals surface area contributed by atoms with Crippen LogP contribution in [0, 0.1) is 12.7 Å². The van der Waals surface area contributed by atoms with Crippen LogP contribution in [-0.4, -0.2) is 28.9 Å². The molecule has 2 N–H and O–H groups in total. The van der Waals surface area contributed by atoms with Gasteiger partial charge >= 0.3 is 5.56 Å². The first-order valence-electron chi connectivity index (χ1n) is 8.56. The molecule has 3 aromatic rings. The van der Waals surface area contributed by atoms with Gasteiger partial charge in [-0.15, -0.1) is 0 Å². The number of phenolic OH excluding ortho intramolecular Hbond substituents is 1. The quantitative estimate of drug-likeness (QED) is 0.631. The highest BCUT2D eigenvalue weighted by Gasteiger charge is 2.13. The number of phenols is 1. The maximum Gasteiger partial charge on any atom is 0.316 e. The van der Waals surface area contributed by atoms with Gasteiger partial charge in [-0.1, -0.05) is 17.7 Å². The van der Waals surface area contributed by atoms with E-state index in [9.17, 15) is 14.3 Å². The second kappa shape index (κ2) is 8.40. The molecule has 29 heavy (non-hydrogen) atoms. The smallest absolute Gasteiger partial charge is 0.316 e. The van der Waals surface area contributed by atoms with Crippen molar-refractivity contribution in [2.45, 2.75) is 13.5 Å². The Morgan fingerprint density at radius 2 is 1.93 bits per heavy atom. The van der Waals surface area contributed by atoms with Gasteiger partial charge in [-0.05, 0) is 36.2 Å². The minimum absolute atomic E-state index is 0.0484. The molecule has 152 valence electrons. The molecule has 2 aromatic carbocycles. The number of ether oxygens (including phenoxy) is 2. The first-order chi connectivity index (χ1) is 13.8. The molecule has 0 radical (unpaired) electrons. The molecule has 0 aliphatic rings. The lowest BCUT2D eigenvalue weighted by molar-refractivity contribution is 0.402. The van der Waals surface area contributed by atoms with Gasteiger partial charge in [0.25, 0.3) is 0 Å². The van der Waals surface area contributed by atoms with Crippen molar-refractivity contribution in [1.29, 1.82) is 0 Å². The van der Waals surface area contributed by atoms with E-state index in [0.29, 0.717) is 22.0 Å². The zero-order chi connectivity index (χ0) is 21.1. The normalized spacial score (nSPS) is 10.7. The van der Waals surface area contributed by atoms with Crippen molar-refractivity contribution in [3.63, 3.8) is 0 Å². The lowest BCUT2D eigenvalue weighted by atomic mass is 10.2. The molecule has 0 unspecified atom stereocenters. The molecule has 0 fully saturated rings. The van der Waals surface area contributed by atoms with Crippen LogP contribution in [0.25, 0.3) is 0 Å². The van der Waals surface area contributed by atoms with E-state index in [-0.39, 0.29) is 18.2 Å². The van der Waals surface area contributed by atoms with Gasteiger partial charge in [0.2, 0.25) is 11.7 Å². The summed E-state index contributed by atoms with van der Waals surface area (Å²) in [5.74, 6) is -0.437. The summed E-state index contributed by atoms with van der Waals surface area (Å²) in [5, 5.41) is 13.2. The van der Waals surface area contributed by atoms with E-state index in [2.05, 4.69) is 10.3 Å². The van der Waals surface area contributed by atoms with Gasteiger partial charge in [0.15, 0.2) is 11.6 Å². The van der Waals surface area contributed by atoms with Gasteiger partial charge in [-0.25, -0.2) is 4.39 Å². The van der Waals surface area contributed by atoms with Gasteiger partial charge in [-0.2, -0.15) is 4.98 Å². The highest BCUT2D eigenvalue weighted by molar-refractivity contribution is 6.32. The van der Waals surface area contributed by atoms with Crippen molar-refractivity contribution in [3.8, 4) is 17.2 Å². The maximum absolute atomic E-state index is 13.4. The molecule has 0 spiro atoms. The number of aromatic nitrogens is 2. The zero-order valence-electron chi connectivity index (χ0n) is 16.0. The average molecular weight is 420 g/mol. The van der Waals surface area contributed by atoms with Crippen LogP contribution in [0.15, 0.2) is 41.3 Å². The summed E-state index contributed by atoms with van der Waals surface area (Å²) < 4.78 is 25.3. The molecule has 0 saturated carbocycles. The summed E-state index contributed by atoms with van der Waals surface area (Å²) in [4.78, 5) is 16.3. The molecule has 1 aromatic heterocycles. The van der Waals surface area contributed by atoms with E-state index in [1.807, 2.05) is 6.92 Å². The topological polar surface area (TPSA) is 85.6 Å². The number of aryl methyl sites for hydroxylation is 1. The van der Waals surface area contributed by atoms with Crippen molar-refractivity contribution in [2.24, 2.45) is 0 Å². The van der Waals surface area contributed by atoms with Gasteiger partial charge in [0.05, 0.1) is 32.0 Å². The highest BCUT2D eigenvalue weighted by Crippen LogP contribution is 2.32. The number of halogens is 2. The van der Waals surface area contributed by atoms with E-state index in [1.54, 1.807) is 16.7 Å². The summed E-state index contributed by atoms with van der Waals surface area (Å²) in [6, 6.07) is 7.42. The highest BCUT2D eigenvalue weighted by atomic mass is 35.5. The van der Waals surface area contributed by atoms with E-state index in [1.165, 1.54) is 38.6 Å². The Morgan fingerprint density at radius 1 is 1.21 bits per heavy atom. The van der Waals surface area contributed by atoms with Crippen molar-refractivity contribution in [2.75, 3.05) is 19.5 Å². The van der Waals surface area contributed by atoms with Crippen molar-refractivity contribution in [3.05, 3.63) is 68.8 Å². The fourth-order valence-electron chi connectivity index (χ4n) is 2.75. The van der Waals surface area contributed by atoms with Crippen molar-refractivity contribution in [1.82, 2.24) is 9.55 Å². The predicted octanol–water partition coefficient (Wildman–Crippen LogP) is 3.86. The fraction of sp³-hybridized carbons (Fsp3) is 0.200. The standard InChI is InChI=1S/C20H19ClFN3O4/c1-11-6-13(21)17(28-2)8-15(11)23-20-24-19(27)18(29-3)10-25(20)9-12-4-5-14(22)16(26)7-12/h4-8,10,26H,9H2,1-3H3,(H,23,24,27). The Bertz CT molecular complexity index is 1120. The lowest BCUT2D eigenvalue weighted by Gasteiger charge is -2.17. The van der Waals surface area contributed by atoms with Gasteiger partial charge in [0.1, 0.15) is 5.75 Å². The molecule has 0 bridgehead atoms. The number of benzene rings is 2. The predicted molar refractivity (Wildman–Crippen MR) is 108 cm³/mol. The summed E-state index contributed by atoms with van der Waals surface area (Å²) in [6.07, 6.45) is 1.49. The average Bonchev–Trinajstić information content (AvgIpc) is 2.68. The fourth-order valence-corrected chi connectivity index (χ4v) is 3.05. The van der Waals surface area contributed by atoms with Crippen LogP contribution in [0.3, 0.4) is 0 Å². The SMILES string of the molecule is COc1cc(Nc2nc(=O)c(OC)cn2Cc2ccc(F)c(O)c2)c(C)cc1Cl. The summed E-state index contributed by atoms with van der Waals surface area (Å²) >= 11 is 6.14. The second-order valence-electron chi connectivity index (χ2n) is 6.28. The molecule has 1 heterocycles. The minimum Gasteiger partial charge on any atom is -0.505 e. The van der Waals surface area contributed by atoms with Crippen LogP contribution in [-0.2, 0) is 6.54 Å². The maximum atomic E-state index is 13.4. The number of aromatic hydroxyl groups is 1. The molecule has 0 amide bonds. The molecule has 3 rings (SSSR count). The van der Waals surface area contributed by atoms with E-state index < -0.39 is 17.1 Å². The molecule has 0 saturated heterocycles. The molecule has 0 aliphatic heterocycles. The van der Waals surface area contributed by atoms with Crippen LogP contribution in [0.1, 0.15) is 11.1 Å². The Hall–Kier alpha value is -3.26. The Balaban J connectivity index is 2.05. The largest absolute Gasteiger partial charge is 0.505 e. The Labute approximate surface area is 171 Å². The number of rotatable bonds is 6. The van der Waals surface area contributed by atoms with Crippen LogP contribution < -0.4 is 20.3 Å². The number of hydrogen-bond acceptors (Lipinski definition) is 6. The van der Waals surface area contributed by atoms with Gasteiger partial charge in [0, 0.05) is 11.8 Å². The molecule has 0 atom stereocenters. The molecular weight excluding hydrogens is 401 g/mol. The summed E-state index contributed by atoms with van der Waals surface area (Å²) in [6.45, 7) is 2.04. The van der Waals surface area contributed by atoms with Crippen LogP contribution in [0.2, 0.25) is 5.02 Å². The summed E-state index contributed by atoms with van der Waals surface area (Å²) in [5.41, 5.74) is 1.50. The zero-order valence-corrected chi connectivity index (χ0v) is 16.7. The molecule has 7 nitrogen and oxygen atoms in total. The third-order valence-corrected chi connectivity index (χ3v) is 4.59. The Morgan fingerprint density at radius 3 is 2.59 bits per heavy atom. The minimum atomic E-state index is -0.716. The third kappa shape index (κ3) is 4.43. The number of nitrogens with one attached hydrogen (secondary N) is 1. The Kier molecular flexibility index (Phi) is 5.93. The van der Waals surface area contributed by atoms with Crippen LogP contribution >= 0.6 is 11.6 Å². The number of anilines is 2. The third-order valence-electron chi connectivity index (χ3n) is 4.29. The van der Waals surface area contributed by atoms with Gasteiger partial charge in [-0.3, -0.25) is 4.79 Å². The number of hydrogen-bond donors (Lipinski definition) is 2. The molecular formula is C20H19ClFN3O4. The van der Waals surface area contributed by atoms with Crippen LogP contribution in [0.5, 0.6) is 17.2 Å². The number of nitrogens with zero attached hydrogens (tertiary/aromatic N) is 2. The summed E-state index contributed by atoms with van der Waals surface area (Å²) in [7, 11) is 2.87. The molecule has 9 heteroatoms. The van der Waals surface area contributed by atoms with E-state index >= 15 is 0 Å². The van der Waals surface area contributed by atoms with Crippen molar-refractivity contribution < 1.29 is 19.0 Å². The van der Waals surface area contributed by atoms with Crippen LogP contribution in [0.4, 0.5) is 16.0 Å². The van der Waals surface area contributed by atoms with Gasteiger partial charge < -0.3 is 24.5 Å².